The minimum Gasteiger partial charge on any atom is -0.486 e. The van der Waals surface area contributed by atoms with Crippen LogP contribution < -0.4 is 9.47 Å². The van der Waals surface area contributed by atoms with Crippen LogP contribution in [-0.4, -0.2) is 13.2 Å². The van der Waals surface area contributed by atoms with Gasteiger partial charge in [-0.05, 0) is 18.6 Å². The molecule has 1 aromatic rings. The van der Waals surface area contributed by atoms with Crippen molar-refractivity contribution in [1.82, 2.24) is 0 Å². The normalized spacial score (nSPS) is 14.5. The Balaban J connectivity index is 2.49. The summed E-state index contributed by atoms with van der Waals surface area (Å²) in [4.78, 5) is 0. The van der Waals surface area contributed by atoms with Crippen molar-refractivity contribution in [3.63, 3.8) is 0 Å². The van der Waals surface area contributed by atoms with Crippen LogP contribution in [0.15, 0.2) is 12.1 Å². The molecule has 3 heteroatoms. The molecule has 0 N–H and O–H groups in total. The van der Waals surface area contributed by atoms with Gasteiger partial charge in [0.25, 0.3) is 0 Å². The monoisotopic (exact) mass is 184 g/mol. The molecule has 1 aliphatic rings. The van der Waals surface area contributed by atoms with Crippen LogP contribution in [0.3, 0.4) is 0 Å². The lowest BCUT2D eigenvalue weighted by molar-refractivity contribution is 0.171. The molecule has 64 valence electrons. The van der Waals surface area contributed by atoms with Gasteiger partial charge in [0.05, 0.1) is 0 Å². The van der Waals surface area contributed by atoms with Crippen molar-refractivity contribution in [2.24, 2.45) is 0 Å². The molecular weight excluding hydrogens is 176 g/mol. The Bertz CT molecular complexity index is 279. The van der Waals surface area contributed by atoms with E-state index in [1.54, 1.807) is 6.07 Å². The van der Waals surface area contributed by atoms with Gasteiger partial charge in [0, 0.05) is 11.1 Å². The summed E-state index contributed by atoms with van der Waals surface area (Å²) in [6, 6.07) is 3.70. The van der Waals surface area contributed by atoms with Gasteiger partial charge in [-0.15, -0.1) is 0 Å². The SMILES string of the molecule is Cc1cc2c(cc1Cl)OCCO2. The number of fused-ring (bicyclic) bond motifs is 1. The highest BCUT2D eigenvalue weighted by atomic mass is 35.5. The lowest BCUT2D eigenvalue weighted by atomic mass is 10.2. The summed E-state index contributed by atoms with van der Waals surface area (Å²) >= 11 is 5.91. The van der Waals surface area contributed by atoms with Gasteiger partial charge in [0.15, 0.2) is 11.5 Å². The Kier molecular flexibility index (Phi) is 1.85. The van der Waals surface area contributed by atoms with Gasteiger partial charge in [-0.3, -0.25) is 0 Å². The number of halogens is 1. The Labute approximate surface area is 76.1 Å². The molecule has 1 aromatic carbocycles. The van der Waals surface area contributed by atoms with Crippen LogP contribution in [0.4, 0.5) is 0 Å². The fraction of sp³-hybridized carbons (Fsp3) is 0.333. The van der Waals surface area contributed by atoms with Crippen molar-refractivity contribution >= 4 is 11.6 Å². The molecule has 12 heavy (non-hydrogen) atoms. The fourth-order valence-electron chi connectivity index (χ4n) is 1.17. The van der Waals surface area contributed by atoms with Crippen molar-refractivity contribution < 1.29 is 9.47 Å². The quantitative estimate of drug-likeness (QED) is 0.617. The van der Waals surface area contributed by atoms with Crippen molar-refractivity contribution in [3.8, 4) is 11.5 Å². The van der Waals surface area contributed by atoms with E-state index in [-0.39, 0.29) is 0 Å². The van der Waals surface area contributed by atoms with E-state index in [2.05, 4.69) is 0 Å². The van der Waals surface area contributed by atoms with E-state index in [9.17, 15) is 0 Å². The molecule has 0 amide bonds. The van der Waals surface area contributed by atoms with Gasteiger partial charge in [0.1, 0.15) is 13.2 Å². The molecule has 0 aliphatic carbocycles. The molecule has 1 aliphatic heterocycles. The van der Waals surface area contributed by atoms with Gasteiger partial charge in [-0.1, -0.05) is 11.6 Å². The zero-order valence-corrected chi connectivity index (χ0v) is 7.52. The number of rotatable bonds is 0. The molecular formula is C9H9ClO2. The highest BCUT2D eigenvalue weighted by Gasteiger charge is 2.12. The molecule has 1 heterocycles. The van der Waals surface area contributed by atoms with E-state index in [0.717, 1.165) is 22.1 Å². The maximum absolute atomic E-state index is 5.91. The molecule has 0 fully saturated rings. The third-order valence-corrected chi connectivity index (χ3v) is 2.23. The average Bonchev–Trinajstić information content (AvgIpc) is 2.07. The first-order valence-corrected chi connectivity index (χ1v) is 4.21. The highest BCUT2D eigenvalue weighted by Crippen LogP contribution is 2.34. The predicted octanol–water partition coefficient (Wildman–Crippen LogP) is 2.42. The van der Waals surface area contributed by atoms with Gasteiger partial charge in [0.2, 0.25) is 0 Å². The Hall–Kier alpha value is -0.890. The van der Waals surface area contributed by atoms with E-state index < -0.39 is 0 Å². The molecule has 2 nitrogen and oxygen atoms in total. The molecule has 2 rings (SSSR count). The Morgan fingerprint density at radius 1 is 1.17 bits per heavy atom. The van der Waals surface area contributed by atoms with E-state index in [4.69, 9.17) is 21.1 Å². The minimum absolute atomic E-state index is 0.604. The van der Waals surface area contributed by atoms with Crippen LogP contribution in [0.1, 0.15) is 5.56 Å². The molecule has 0 radical (unpaired) electrons. The van der Waals surface area contributed by atoms with Crippen molar-refractivity contribution in [2.45, 2.75) is 6.92 Å². The summed E-state index contributed by atoms with van der Waals surface area (Å²) < 4.78 is 10.7. The largest absolute Gasteiger partial charge is 0.486 e. The van der Waals surface area contributed by atoms with Crippen LogP contribution in [0.25, 0.3) is 0 Å². The van der Waals surface area contributed by atoms with Gasteiger partial charge in [-0.25, -0.2) is 0 Å². The second kappa shape index (κ2) is 2.87. The van der Waals surface area contributed by atoms with Crippen LogP contribution >= 0.6 is 11.6 Å². The highest BCUT2D eigenvalue weighted by molar-refractivity contribution is 6.31. The maximum atomic E-state index is 5.91. The molecule has 0 bridgehead atoms. The number of hydrogen-bond acceptors (Lipinski definition) is 2. The van der Waals surface area contributed by atoms with Gasteiger partial charge < -0.3 is 9.47 Å². The van der Waals surface area contributed by atoms with E-state index in [1.165, 1.54) is 0 Å². The predicted molar refractivity (Wildman–Crippen MR) is 47.2 cm³/mol. The second-order valence-electron chi connectivity index (χ2n) is 2.75. The molecule has 0 unspecified atom stereocenters. The summed E-state index contributed by atoms with van der Waals surface area (Å²) in [7, 11) is 0. The van der Waals surface area contributed by atoms with Crippen LogP contribution in [0.2, 0.25) is 5.02 Å². The van der Waals surface area contributed by atoms with Crippen LogP contribution in [-0.2, 0) is 0 Å². The van der Waals surface area contributed by atoms with E-state index >= 15 is 0 Å². The molecule has 0 saturated carbocycles. The maximum Gasteiger partial charge on any atom is 0.162 e. The topological polar surface area (TPSA) is 18.5 Å². The fourth-order valence-corrected chi connectivity index (χ4v) is 1.32. The molecule has 0 saturated heterocycles. The summed E-state index contributed by atoms with van der Waals surface area (Å²) in [6.07, 6.45) is 0. The molecule has 0 spiro atoms. The zero-order chi connectivity index (χ0) is 8.55. The summed E-state index contributed by atoms with van der Waals surface area (Å²) in [5.74, 6) is 1.54. The van der Waals surface area contributed by atoms with Crippen LogP contribution in [0.5, 0.6) is 11.5 Å². The minimum atomic E-state index is 0.604. The standard InChI is InChI=1S/C9H9ClO2/c1-6-4-8-9(5-7(6)10)12-3-2-11-8/h4-5H,2-3H2,1H3. The number of aryl methyl sites for hydroxylation is 1. The number of benzene rings is 1. The smallest absolute Gasteiger partial charge is 0.162 e. The van der Waals surface area contributed by atoms with Crippen LogP contribution in [0, 0.1) is 6.92 Å². The Morgan fingerprint density at radius 3 is 2.42 bits per heavy atom. The number of hydrogen-bond donors (Lipinski definition) is 0. The van der Waals surface area contributed by atoms with Crippen molar-refractivity contribution in [2.75, 3.05) is 13.2 Å². The average molecular weight is 185 g/mol. The third-order valence-electron chi connectivity index (χ3n) is 1.82. The van der Waals surface area contributed by atoms with Gasteiger partial charge in [-0.2, -0.15) is 0 Å². The first-order valence-electron chi connectivity index (χ1n) is 3.83. The number of ether oxygens (including phenoxy) is 2. The lowest BCUT2D eigenvalue weighted by Crippen LogP contribution is -2.15. The second-order valence-corrected chi connectivity index (χ2v) is 3.15. The van der Waals surface area contributed by atoms with Gasteiger partial charge >= 0.3 is 0 Å². The summed E-state index contributed by atoms with van der Waals surface area (Å²) in [5.41, 5.74) is 1.01. The molecule has 0 aromatic heterocycles. The first-order chi connectivity index (χ1) is 5.77. The zero-order valence-electron chi connectivity index (χ0n) is 6.76. The first kappa shape index (κ1) is 7.74. The summed E-state index contributed by atoms with van der Waals surface area (Å²) in [6.45, 7) is 3.17. The summed E-state index contributed by atoms with van der Waals surface area (Å²) in [5, 5.41) is 0.722. The third kappa shape index (κ3) is 1.23. The lowest BCUT2D eigenvalue weighted by Gasteiger charge is -2.18. The van der Waals surface area contributed by atoms with E-state index in [1.807, 2.05) is 13.0 Å². The van der Waals surface area contributed by atoms with Crippen molar-refractivity contribution in [1.29, 1.82) is 0 Å². The molecule has 0 atom stereocenters. The van der Waals surface area contributed by atoms with Crippen molar-refractivity contribution in [3.05, 3.63) is 22.7 Å². The van der Waals surface area contributed by atoms with E-state index in [0.29, 0.717) is 13.2 Å². The Morgan fingerprint density at radius 2 is 1.75 bits per heavy atom.